The van der Waals surface area contributed by atoms with Gasteiger partial charge in [0.2, 0.25) is 0 Å². The Morgan fingerprint density at radius 3 is 2.89 bits per heavy atom. The summed E-state index contributed by atoms with van der Waals surface area (Å²) in [5.74, 6) is 0.748. The van der Waals surface area contributed by atoms with Crippen molar-refractivity contribution in [3.63, 3.8) is 0 Å². The number of nitrogens with zero attached hydrogens (tertiary/aromatic N) is 4. The summed E-state index contributed by atoms with van der Waals surface area (Å²) in [7, 11) is 3.43. The largest absolute Gasteiger partial charge is 0.389 e. The van der Waals surface area contributed by atoms with E-state index in [4.69, 9.17) is 4.74 Å². The van der Waals surface area contributed by atoms with E-state index in [-0.39, 0.29) is 0 Å². The summed E-state index contributed by atoms with van der Waals surface area (Å²) in [6.07, 6.45) is 2.70. The molecule has 1 atom stereocenters. The van der Waals surface area contributed by atoms with Gasteiger partial charge in [0.05, 0.1) is 12.7 Å². The topological polar surface area (TPSA) is 71.4 Å². The van der Waals surface area contributed by atoms with Gasteiger partial charge in [0, 0.05) is 33.1 Å². The third-order valence-corrected chi connectivity index (χ3v) is 2.55. The number of anilines is 1. The van der Waals surface area contributed by atoms with Gasteiger partial charge in [-0.05, 0) is 12.1 Å². The van der Waals surface area contributed by atoms with Crippen molar-refractivity contribution in [2.24, 2.45) is 0 Å². The highest BCUT2D eigenvalue weighted by Crippen LogP contribution is 2.13. The number of likely N-dealkylation sites (N-methyl/N-ethyl adjacent to an activating group) is 1. The van der Waals surface area contributed by atoms with E-state index in [0.717, 1.165) is 11.3 Å². The zero-order chi connectivity index (χ0) is 13.0. The van der Waals surface area contributed by atoms with Gasteiger partial charge in [0.25, 0.3) is 0 Å². The highest BCUT2D eigenvalue weighted by Gasteiger charge is 2.10. The van der Waals surface area contributed by atoms with Crippen LogP contribution in [0.2, 0.25) is 0 Å². The standard InChI is InChI=1S/C12H16N4O2/c1-16(7-9(17)8-18-2)11-4-3-10-12(15-11)14-6-5-13-10/h3-6,9,17H,7-8H2,1-2H3. The Labute approximate surface area is 105 Å². The molecule has 2 aromatic rings. The lowest BCUT2D eigenvalue weighted by molar-refractivity contribution is 0.0694. The van der Waals surface area contributed by atoms with E-state index in [1.165, 1.54) is 0 Å². The third-order valence-electron chi connectivity index (χ3n) is 2.55. The maximum Gasteiger partial charge on any atom is 0.180 e. The summed E-state index contributed by atoms with van der Waals surface area (Å²) in [6, 6.07) is 3.72. The van der Waals surface area contributed by atoms with Gasteiger partial charge in [0.15, 0.2) is 5.65 Å². The Hall–Kier alpha value is -1.79. The zero-order valence-electron chi connectivity index (χ0n) is 10.4. The Morgan fingerprint density at radius 1 is 1.33 bits per heavy atom. The number of ether oxygens (including phenoxy) is 1. The fourth-order valence-corrected chi connectivity index (χ4v) is 1.71. The van der Waals surface area contributed by atoms with Crippen LogP contribution < -0.4 is 4.90 Å². The minimum atomic E-state index is -0.542. The van der Waals surface area contributed by atoms with E-state index in [9.17, 15) is 5.11 Å². The van der Waals surface area contributed by atoms with Crippen molar-refractivity contribution in [1.82, 2.24) is 15.0 Å². The Morgan fingerprint density at radius 2 is 2.11 bits per heavy atom. The van der Waals surface area contributed by atoms with Gasteiger partial charge >= 0.3 is 0 Å². The van der Waals surface area contributed by atoms with Gasteiger partial charge in [-0.2, -0.15) is 0 Å². The van der Waals surface area contributed by atoms with E-state index in [1.807, 2.05) is 24.1 Å². The lowest BCUT2D eigenvalue weighted by atomic mass is 10.3. The molecule has 6 heteroatoms. The van der Waals surface area contributed by atoms with Crippen LogP contribution in [0.5, 0.6) is 0 Å². The third kappa shape index (κ3) is 2.91. The predicted molar refractivity (Wildman–Crippen MR) is 68.5 cm³/mol. The van der Waals surface area contributed by atoms with Crippen LogP contribution in [0, 0.1) is 0 Å². The molecule has 96 valence electrons. The molecule has 1 N–H and O–H groups in total. The van der Waals surface area contributed by atoms with Crippen LogP contribution in [0.4, 0.5) is 5.82 Å². The van der Waals surface area contributed by atoms with Gasteiger partial charge in [-0.15, -0.1) is 0 Å². The number of aliphatic hydroxyl groups is 1. The van der Waals surface area contributed by atoms with E-state index < -0.39 is 6.10 Å². The maximum absolute atomic E-state index is 9.67. The van der Waals surface area contributed by atoms with Crippen molar-refractivity contribution in [3.8, 4) is 0 Å². The highest BCUT2D eigenvalue weighted by atomic mass is 16.5. The fraction of sp³-hybridized carbons (Fsp3) is 0.417. The molecule has 0 aliphatic carbocycles. The van der Waals surface area contributed by atoms with Crippen molar-refractivity contribution in [3.05, 3.63) is 24.5 Å². The van der Waals surface area contributed by atoms with Gasteiger partial charge in [-0.25, -0.2) is 9.97 Å². The van der Waals surface area contributed by atoms with Crippen molar-refractivity contribution in [2.75, 3.05) is 32.2 Å². The normalized spacial score (nSPS) is 12.6. The molecule has 0 aliphatic rings. The summed E-state index contributed by atoms with van der Waals surface area (Å²) in [5, 5.41) is 9.67. The van der Waals surface area contributed by atoms with Crippen molar-refractivity contribution in [2.45, 2.75) is 6.10 Å². The number of hydrogen-bond donors (Lipinski definition) is 1. The van der Waals surface area contributed by atoms with Crippen LogP contribution in [0.3, 0.4) is 0 Å². The smallest absolute Gasteiger partial charge is 0.180 e. The molecule has 6 nitrogen and oxygen atoms in total. The lowest BCUT2D eigenvalue weighted by Crippen LogP contribution is -2.32. The molecule has 0 fully saturated rings. The summed E-state index contributed by atoms with van der Waals surface area (Å²) < 4.78 is 4.89. The molecule has 0 amide bonds. The molecule has 18 heavy (non-hydrogen) atoms. The summed E-state index contributed by atoms with van der Waals surface area (Å²) in [4.78, 5) is 14.6. The van der Waals surface area contributed by atoms with E-state index in [0.29, 0.717) is 18.8 Å². The molecule has 0 saturated carbocycles. The molecule has 2 heterocycles. The van der Waals surface area contributed by atoms with Gasteiger partial charge in [0.1, 0.15) is 11.3 Å². The second-order valence-electron chi connectivity index (χ2n) is 4.06. The van der Waals surface area contributed by atoms with Crippen molar-refractivity contribution >= 4 is 17.0 Å². The summed E-state index contributed by atoms with van der Waals surface area (Å²) >= 11 is 0. The molecule has 0 spiro atoms. The monoisotopic (exact) mass is 248 g/mol. The molecule has 0 saturated heterocycles. The molecular formula is C12H16N4O2. The first-order valence-electron chi connectivity index (χ1n) is 5.66. The average molecular weight is 248 g/mol. The molecule has 0 aromatic carbocycles. The fourth-order valence-electron chi connectivity index (χ4n) is 1.71. The first-order valence-corrected chi connectivity index (χ1v) is 5.66. The van der Waals surface area contributed by atoms with E-state index in [1.54, 1.807) is 19.5 Å². The van der Waals surface area contributed by atoms with Crippen LogP contribution in [0.1, 0.15) is 0 Å². The minimum Gasteiger partial charge on any atom is -0.389 e. The number of pyridine rings is 1. The molecule has 1 unspecified atom stereocenters. The van der Waals surface area contributed by atoms with Crippen LogP contribution in [0.15, 0.2) is 24.5 Å². The Balaban J connectivity index is 2.15. The number of aromatic nitrogens is 3. The minimum absolute atomic E-state index is 0.303. The number of aliphatic hydroxyl groups excluding tert-OH is 1. The first kappa shape index (κ1) is 12.7. The maximum atomic E-state index is 9.67. The summed E-state index contributed by atoms with van der Waals surface area (Å²) in [6.45, 7) is 0.754. The van der Waals surface area contributed by atoms with Gasteiger partial charge < -0.3 is 14.7 Å². The number of rotatable bonds is 5. The predicted octanol–water partition coefficient (Wildman–Crippen LogP) is 0.468. The average Bonchev–Trinajstić information content (AvgIpc) is 2.38. The zero-order valence-corrected chi connectivity index (χ0v) is 10.4. The van der Waals surface area contributed by atoms with Crippen molar-refractivity contribution in [1.29, 1.82) is 0 Å². The number of hydrogen-bond acceptors (Lipinski definition) is 6. The van der Waals surface area contributed by atoms with Gasteiger partial charge in [-0.1, -0.05) is 0 Å². The molecule has 0 aliphatic heterocycles. The van der Waals surface area contributed by atoms with Crippen molar-refractivity contribution < 1.29 is 9.84 Å². The second kappa shape index (κ2) is 5.70. The number of methoxy groups -OCH3 is 1. The second-order valence-corrected chi connectivity index (χ2v) is 4.06. The Bertz CT molecular complexity index is 520. The van der Waals surface area contributed by atoms with E-state index >= 15 is 0 Å². The van der Waals surface area contributed by atoms with Crippen LogP contribution >= 0.6 is 0 Å². The molecule has 2 rings (SSSR count). The van der Waals surface area contributed by atoms with E-state index in [2.05, 4.69) is 15.0 Å². The molecular weight excluding hydrogens is 232 g/mol. The molecule has 0 radical (unpaired) electrons. The van der Waals surface area contributed by atoms with Crippen LogP contribution in [-0.2, 0) is 4.74 Å². The van der Waals surface area contributed by atoms with Gasteiger partial charge in [-0.3, -0.25) is 4.98 Å². The molecule has 0 bridgehead atoms. The Kier molecular flexibility index (Phi) is 4.01. The SMILES string of the molecule is COCC(O)CN(C)c1ccc2nccnc2n1. The lowest BCUT2D eigenvalue weighted by Gasteiger charge is -2.21. The highest BCUT2D eigenvalue weighted by molar-refractivity contribution is 5.71. The van der Waals surface area contributed by atoms with Crippen LogP contribution in [0.25, 0.3) is 11.2 Å². The number of fused-ring (bicyclic) bond motifs is 1. The molecule has 2 aromatic heterocycles. The first-order chi connectivity index (χ1) is 8.70. The van der Waals surface area contributed by atoms with Crippen LogP contribution in [-0.4, -0.2) is 53.5 Å². The quantitative estimate of drug-likeness (QED) is 0.829. The summed E-state index contributed by atoms with van der Waals surface area (Å²) in [5.41, 5.74) is 1.36.